The summed E-state index contributed by atoms with van der Waals surface area (Å²) in [6.07, 6.45) is -0.213. The Labute approximate surface area is 174 Å². The van der Waals surface area contributed by atoms with Gasteiger partial charge in [-0.2, -0.15) is 13.2 Å². The van der Waals surface area contributed by atoms with Crippen LogP contribution in [0.2, 0.25) is 0 Å². The van der Waals surface area contributed by atoms with Crippen molar-refractivity contribution in [3.63, 3.8) is 0 Å². The zero-order chi connectivity index (χ0) is 21.3. The number of hydrogen-bond acceptors (Lipinski definition) is 5. The topological polar surface area (TPSA) is 79.9 Å². The Morgan fingerprint density at radius 3 is 2.90 bits per heavy atom. The average molecular weight is 436 g/mol. The van der Waals surface area contributed by atoms with Crippen molar-refractivity contribution in [1.29, 1.82) is 0 Å². The van der Waals surface area contributed by atoms with Crippen molar-refractivity contribution in [2.75, 3.05) is 6.61 Å². The second-order valence-electron chi connectivity index (χ2n) is 7.13. The maximum atomic E-state index is 12.6. The van der Waals surface area contributed by atoms with Crippen molar-refractivity contribution in [2.24, 2.45) is 5.92 Å². The quantitative estimate of drug-likeness (QED) is 0.573. The highest BCUT2D eigenvalue weighted by Gasteiger charge is 2.46. The van der Waals surface area contributed by atoms with Gasteiger partial charge in [-0.1, -0.05) is 6.07 Å². The van der Waals surface area contributed by atoms with Gasteiger partial charge < -0.3 is 15.0 Å². The third-order valence-electron chi connectivity index (χ3n) is 4.77. The van der Waals surface area contributed by atoms with Crippen molar-refractivity contribution in [3.05, 3.63) is 53.4 Å². The molecule has 0 aromatic carbocycles. The van der Waals surface area contributed by atoms with Gasteiger partial charge in [-0.25, -0.2) is 4.98 Å². The van der Waals surface area contributed by atoms with Crippen LogP contribution in [0.3, 0.4) is 0 Å². The van der Waals surface area contributed by atoms with Crippen LogP contribution in [0.1, 0.15) is 36.0 Å². The predicted molar refractivity (Wildman–Crippen MR) is 105 cm³/mol. The number of ether oxygens (including phenoxy) is 1. The Hall–Kier alpha value is -2.88. The fraction of sp³-hybridized carbons (Fsp3) is 0.350. The number of aromatic amines is 1. The molecular formula is C20H19F3N4O2S. The molecule has 0 spiro atoms. The summed E-state index contributed by atoms with van der Waals surface area (Å²) in [6, 6.07) is 8.40. The Kier molecular flexibility index (Phi) is 5.50. The van der Waals surface area contributed by atoms with Crippen LogP contribution >= 0.6 is 11.3 Å². The summed E-state index contributed by atoms with van der Waals surface area (Å²) in [5, 5.41) is 3.09. The lowest BCUT2D eigenvalue weighted by atomic mass is 10.2. The zero-order valence-electron chi connectivity index (χ0n) is 15.9. The lowest BCUT2D eigenvalue weighted by Gasteiger charge is -2.12. The Bertz CT molecular complexity index is 1020. The van der Waals surface area contributed by atoms with E-state index in [4.69, 9.17) is 4.74 Å². The number of pyridine rings is 1. The standard InChI is InChI=1S/C20H19F3N4O2S/c1-11(16-5-6-17(30-16)29-10-20(21,22)23)26-19(28)13-8-12(13)18-25-9-15(27-18)14-4-2-3-7-24-14/h2-7,9,11-13H,8,10H2,1H3,(H,25,27)(H,26,28)/t11-,12?,13?/m1/s1. The number of imidazole rings is 1. The zero-order valence-corrected chi connectivity index (χ0v) is 16.8. The maximum Gasteiger partial charge on any atom is 0.422 e. The number of rotatable bonds is 7. The van der Waals surface area contributed by atoms with Gasteiger partial charge in [-0.15, -0.1) is 11.3 Å². The molecule has 2 unspecified atom stereocenters. The lowest BCUT2D eigenvalue weighted by molar-refractivity contribution is -0.152. The van der Waals surface area contributed by atoms with Crippen molar-refractivity contribution in [3.8, 4) is 16.5 Å². The smallest absolute Gasteiger partial charge is 0.422 e. The second kappa shape index (κ2) is 8.10. The van der Waals surface area contributed by atoms with Gasteiger partial charge in [0.1, 0.15) is 11.5 Å². The summed E-state index contributed by atoms with van der Waals surface area (Å²) in [5.74, 6) is 0.483. The van der Waals surface area contributed by atoms with E-state index in [1.54, 1.807) is 25.4 Å². The first-order valence-electron chi connectivity index (χ1n) is 9.36. The number of thiophene rings is 1. The summed E-state index contributed by atoms with van der Waals surface area (Å²) >= 11 is 1.09. The number of carbonyl (C=O) groups is 1. The molecule has 6 nitrogen and oxygen atoms in total. The van der Waals surface area contributed by atoms with Crippen LogP contribution in [-0.4, -0.2) is 33.6 Å². The van der Waals surface area contributed by atoms with E-state index in [-0.39, 0.29) is 28.8 Å². The molecule has 0 radical (unpaired) electrons. The van der Waals surface area contributed by atoms with E-state index in [0.717, 1.165) is 33.4 Å². The fourth-order valence-electron chi connectivity index (χ4n) is 3.15. The van der Waals surface area contributed by atoms with Crippen LogP contribution in [0.15, 0.2) is 42.7 Å². The van der Waals surface area contributed by atoms with E-state index in [1.165, 1.54) is 6.07 Å². The van der Waals surface area contributed by atoms with E-state index in [9.17, 15) is 18.0 Å². The average Bonchev–Trinajstić information content (AvgIpc) is 3.14. The summed E-state index contributed by atoms with van der Waals surface area (Å²) in [5.41, 5.74) is 1.49. The van der Waals surface area contributed by atoms with E-state index < -0.39 is 12.8 Å². The molecule has 3 aromatic heterocycles. The fourth-order valence-corrected chi connectivity index (χ4v) is 4.01. The second-order valence-corrected chi connectivity index (χ2v) is 8.20. The van der Waals surface area contributed by atoms with E-state index in [1.807, 2.05) is 18.2 Å². The number of aromatic nitrogens is 3. The molecule has 0 bridgehead atoms. The molecule has 3 heterocycles. The summed E-state index contributed by atoms with van der Waals surface area (Å²) in [6.45, 7) is 0.460. The highest BCUT2D eigenvalue weighted by atomic mass is 32.1. The first-order valence-corrected chi connectivity index (χ1v) is 10.2. The van der Waals surface area contributed by atoms with Gasteiger partial charge >= 0.3 is 6.18 Å². The number of nitrogens with zero attached hydrogens (tertiary/aromatic N) is 2. The monoisotopic (exact) mass is 436 g/mol. The lowest BCUT2D eigenvalue weighted by Crippen LogP contribution is -2.28. The number of H-pyrrole nitrogens is 1. The Morgan fingerprint density at radius 2 is 2.17 bits per heavy atom. The normalized spacial score (nSPS) is 19.3. The highest BCUT2D eigenvalue weighted by molar-refractivity contribution is 7.13. The van der Waals surface area contributed by atoms with Gasteiger partial charge in [0.25, 0.3) is 0 Å². The molecule has 158 valence electrons. The van der Waals surface area contributed by atoms with Crippen LogP contribution in [0.5, 0.6) is 5.06 Å². The molecule has 1 fully saturated rings. The number of hydrogen-bond donors (Lipinski definition) is 2. The largest absolute Gasteiger partial charge is 0.475 e. The molecule has 3 aromatic rings. The molecule has 10 heteroatoms. The predicted octanol–water partition coefficient (Wildman–Crippen LogP) is 4.46. The number of carbonyl (C=O) groups excluding carboxylic acids is 1. The number of nitrogens with one attached hydrogen (secondary N) is 2. The molecule has 30 heavy (non-hydrogen) atoms. The Morgan fingerprint density at radius 1 is 1.33 bits per heavy atom. The van der Waals surface area contributed by atoms with E-state index >= 15 is 0 Å². The maximum absolute atomic E-state index is 12.6. The van der Waals surface area contributed by atoms with Crippen LogP contribution in [0, 0.1) is 5.92 Å². The molecule has 3 atom stereocenters. The number of halogens is 3. The van der Waals surface area contributed by atoms with Gasteiger partial charge in [-0.3, -0.25) is 9.78 Å². The summed E-state index contributed by atoms with van der Waals surface area (Å²) < 4.78 is 41.5. The molecule has 1 amide bonds. The minimum absolute atomic E-state index is 0.0173. The van der Waals surface area contributed by atoms with Gasteiger partial charge in [-0.05, 0) is 37.6 Å². The van der Waals surface area contributed by atoms with Gasteiger partial charge in [0.15, 0.2) is 11.7 Å². The molecule has 1 aliphatic rings. The highest BCUT2D eigenvalue weighted by Crippen LogP contribution is 2.47. The molecule has 1 saturated carbocycles. The molecular weight excluding hydrogens is 417 g/mol. The van der Waals surface area contributed by atoms with E-state index in [0.29, 0.717) is 6.42 Å². The summed E-state index contributed by atoms with van der Waals surface area (Å²) in [4.78, 5) is 25.2. The van der Waals surface area contributed by atoms with Crippen LogP contribution in [0.4, 0.5) is 13.2 Å². The van der Waals surface area contributed by atoms with Crippen LogP contribution < -0.4 is 10.1 Å². The third-order valence-corrected chi connectivity index (χ3v) is 5.95. The van der Waals surface area contributed by atoms with Gasteiger partial charge in [0.2, 0.25) is 5.91 Å². The first kappa shape index (κ1) is 20.4. The Balaban J connectivity index is 1.31. The van der Waals surface area contributed by atoms with Crippen molar-refractivity contribution < 1.29 is 22.7 Å². The van der Waals surface area contributed by atoms with Gasteiger partial charge in [0, 0.05) is 29.1 Å². The SMILES string of the molecule is C[C@@H](NC(=O)C1CC1c1nc(-c2ccccn2)c[nH]1)c1ccc(OCC(F)(F)F)s1. The molecule has 0 saturated heterocycles. The minimum atomic E-state index is -4.38. The third kappa shape index (κ3) is 4.81. The van der Waals surface area contributed by atoms with Crippen LogP contribution in [-0.2, 0) is 4.79 Å². The number of amides is 1. The van der Waals surface area contributed by atoms with Crippen LogP contribution in [0.25, 0.3) is 11.4 Å². The van der Waals surface area contributed by atoms with Crippen molar-refractivity contribution >= 4 is 17.2 Å². The molecule has 2 N–H and O–H groups in total. The molecule has 4 rings (SSSR count). The van der Waals surface area contributed by atoms with Gasteiger partial charge in [0.05, 0.1) is 11.7 Å². The molecule has 0 aliphatic heterocycles. The van der Waals surface area contributed by atoms with E-state index in [2.05, 4.69) is 20.3 Å². The first-order chi connectivity index (χ1) is 14.3. The molecule has 1 aliphatic carbocycles. The van der Waals surface area contributed by atoms with Crippen molar-refractivity contribution in [1.82, 2.24) is 20.3 Å². The summed E-state index contributed by atoms with van der Waals surface area (Å²) in [7, 11) is 0. The minimum Gasteiger partial charge on any atom is -0.475 e. The number of alkyl halides is 3. The van der Waals surface area contributed by atoms with Crippen molar-refractivity contribution in [2.45, 2.75) is 31.5 Å².